The topological polar surface area (TPSA) is 60.2 Å². The number of hydrogen-bond acceptors (Lipinski definition) is 4. The summed E-state index contributed by atoms with van der Waals surface area (Å²) in [7, 11) is 1.81. The van der Waals surface area contributed by atoms with Crippen LogP contribution < -0.4 is 4.74 Å². The normalized spacial score (nSPS) is 12.4. The maximum absolute atomic E-state index is 9.36. The third kappa shape index (κ3) is 3.04. The zero-order chi connectivity index (χ0) is 12.3. The lowest BCUT2D eigenvalue weighted by Crippen LogP contribution is -1.96. The number of aryl methyl sites for hydroxylation is 1. The molecule has 0 aliphatic heterocycles. The van der Waals surface area contributed by atoms with Gasteiger partial charge in [-0.2, -0.15) is 0 Å². The minimum Gasteiger partial charge on any atom is -0.487 e. The number of benzene rings is 1. The van der Waals surface area contributed by atoms with Gasteiger partial charge in [-0.25, -0.2) is 0 Å². The van der Waals surface area contributed by atoms with Gasteiger partial charge in [0, 0.05) is 7.05 Å². The molecule has 0 radical (unpaired) electrons. The second-order valence-electron chi connectivity index (χ2n) is 3.92. The predicted octanol–water partition coefficient (Wildman–Crippen LogP) is 1.45. The number of rotatable bonds is 4. The van der Waals surface area contributed by atoms with E-state index in [-0.39, 0.29) is 0 Å². The molecule has 17 heavy (non-hydrogen) atoms. The number of aliphatic hydroxyl groups is 1. The molecule has 0 fully saturated rings. The highest BCUT2D eigenvalue weighted by molar-refractivity contribution is 5.28. The highest BCUT2D eigenvalue weighted by Crippen LogP contribution is 2.17. The first-order valence-corrected chi connectivity index (χ1v) is 5.41. The van der Waals surface area contributed by atoms with E-state index in [1.165, 1.54) is 0 Å². The van der Waals surface area contributed by atoms with Gasteiger partial charge in [-0.05, 0) is 24.6 Å². The Morgan fingerprint density at radius 3 is 2.59 bits per heavy atom. The molecule has 90 valence electrons. The van der Waals surface area contributed by atoms with E-state index in [2.05, 4.69) is 10.3 Å². The maximum Gasteiger partial charge on any atom is 0.134 e. The van der Waals surface area contributed by atoms with Gasteiger partial charge in [0.15, 0.2) is 0 Å². The summed E-state index contributed by atoms with van der Waals surface area (Å²) in [6.07, 6.45) is 1.36. The van der Waals surface area contributed by atoms with E-state index in [1.807, 2.05) is 37.5 Å². The molecule has 0 saturated heterocycles. The van der Waals surface area contributed by atoms with Crippen LogP contribution >= 0.6 is 0 Å². The molecule has 0 aliphatic carbocycles. The highest BCUT2D eigenvalue weighted by Gasteiger charge is 2.02. The summed E-state index contributed by atoms with van der Waals surface area (Å²) in [6.45, 7) is 2.12. The minimum absolute atomic E-state index is 0.391. The largest absolute Gasteiger partial charge is 0.487 e. The number of hydrogen-bond donors (Lipinski definition) is 1. The van der Waals surface area contributed by atoms with Gasteiger partial charge in [-0.1, -0.05) is 17.3 Å². The number of aliphatic hydroxyl groups excluding tert-OH is 1. The van der Waals surface area contributed by atoms with E-state index in [1.54, 1.807) is 11.6 Å². The third-order valence-corrected chi connectivity index (χ3v) is 2.40. The Morgan fingerprint density at radius 2 is 2.06 bits per heavy atom. The van der Waals surface area contributed by atoms with Crippen LogP contribution in [0.2, 0.25) is 0 Å². The van der Waals surface area contributed by atoms with Gasteiger partial charge >= 0.3 is 0 Å². The van der Waals surface area contributed by atoms with Crippen LogP contribution in [0.15, 0.2) is 30.5 Å². The van der Waals surface area contributed by atoms with Crippen molar-refractivity contribution in [1.82, 2.24) is 15.0 Å². The molecule has 1 aromatic heterocycles. The van der Waals surface area contributed by atoms with Crippen molar-refractivity contribution in [3.8, 4) is 5.75 Å². The first-order valence-electron chi connectivity index (χ1n) is 5.41. The van der Waals surface area contributed by atoms with E-state index < -0.39 is 6.10 Å². The zero-order valence-corrected chi connectivity index (χ0v) is 9.87. The van der Waals surface area contributed by atoms with E-state index in [0.29, 0.717) is 6.61 Å². The molecular formula is C12H15N3O2. The van der Waals surface area contributed by atoms with Crippen molar-refractivity contribution < 1.29 is 9.84 Å². The van der Waals surface area contributed by atoms with Crippen LogP contribution in [-0.4, -0.2) is 20.1 Å². The molecular weight excluding hydrogens is 218 g/mol. The smallest absolute Gasteiger partial charge is 0.134 e. The standard InChI is InChI=1S/C12H15N3O2/c1-9(16)10-3-5-12(6-4-10)17-8-11-7-15(2)14-13-11/h3-7,9,16H,8H2,1-2H3/t9-/m0/s1. The summed E-state index contributed by atoms with van der Waals surface area (Å²) in [6, 6.07) is 7.35. The van der Waals surface area contributed by atoms with Crippen molar-refractivity contribution in [2.75, 3.05) is 0 Å². The first-order chi connectivity index (χ1) is 8.15. The van der Waals surface area contributed by atoms with E-state index >= 15 is 0 Å². The van der Waals surface area contributed by atoms with Crippen LogP contribution in [0.1, 0.15) is 24.3 Å². The SMILES string of the molecule is C[C@H](O)c1ccc(OCc2cn(C)nn2)cc1. The Labute approximate surface area is 99.7 Å². The number of nitrogens with zero attached hydrogens (tertiary/aromatic N) is 3. The van der Waals surface area contributed by atoms with E-state index in [4.69, 9.17) is 4.74 Å². The molecule has 5 heteroatoms. The van der Waals surface area contributed by atoms with Gasteiger partial charge in [-0.3, -0.25) is 4.68 Å². The van der Waals surface area contributed by atoms with E-state index in [9.17, 15) is 5.11 Å². The molecule has 1 atom stereocenters. The van der Waals surface area contributed by atoms with Crippen molar-refractivity contribution in [1.29, 1.82) is 0 Å². The average Bonchev–Trinajstić information content (AvgIpc) is 2.73. The summed E-state index contributed by atoms with van der Waals surface area (Å²) in [4.78, 5) is 0. The highest BCUT2D eigenvalue weighted by atomic mass is 16.5. The van der Waals surface area contributed by atoms with Crippen molar-refractivity contribution in [3.63, 3.8) is 0 Å². The molecule has 0 saturated carbocycles. The lowest BCUT2D eigenvalue weighted by molar-refractivity contribution is 0.199. The van der Waals surface area contributed by atoms with Gasteiger partial charge in [0.2, 0.25) is 0 Å². The lowest BCUT2D eigenvalue weighted by atomic mass is 10.1. The molecule has 0 unspecified atom stereocenters. The summed E-state index contributed by atoms with van der Waals surface area (Å²) in [5.41, 5.74) is 1.66. The monoisotopic (exact) mass is 233 g/mol. The van der Waals surface area contributed by atoms with Crippen LogP contribution in [0.5, 0.6) is 5.75 Å². The van der Waals surface area contributed by atoms with Gasteiger partial charge in [0.1, 0.15) is 18.1 Å². The van der Waals surface area contributed by atoms with E-state index in [0.717, 1.165) is 17.0 Å². The van der Waals surface area contributed by atoms with Crippen LogP contribution in [0.3, 0.4) is 0 Å². The summed E-state index contributed by atoms with van der Waals surface area (Å²) >= 11 is 0. The molecule has 2 rings (SSSR count). The van der Waals surface area contributed by atoms with Crippen molar-refractivity contribution in [2.45, 2.75) is 19.6 Å². The summed E-state index contributed by atoms with van der Waals surface area (Å²) in [5, 5.41) is 17.1. The Morgan fingerprint density at radius 1 is 1.35 bits per heavy atom. The molecule has 0 aliphatic rings. The molecule has 2 aromatic rings. The van der Waals surface area contributed by atoms with Crippen molar-refractivity contribution >= 4 is 0 Å². The summed E-state index contributed by atoms with van der Waals surface area (Å²) < 4.78 is 7.18. The maximum atomic E-state index is 9.36. The van der Waals surface area contributed by atoms with Crippen molar-refractivity contribution in [2.24, 2.45) is 7.05 Å². The second-order valence-corrected chi connectivity index (χ2v) is 3.92. The zero-order valence-electron chi connectivity index (χ0n) is 9.87. The van der Waals surface area contributed by atoms with Gasteiger partial charge in [0.25, 0.3) is 0 Å². The molecule has 5 nitrogen and oxygen atoms in total. The molecule has 1 heterocycles. The molecule has 1 N–H and O–H groups in total. The fraction of sp³-hybridized carbons (Fsp3) is 0.333. The van der Waals surface area contributed by atoms with Crippen LogP contribution in [0.4, 0.5) is 0 Å². The Bertz CT molecular complexity index is 477. The third-order valence-electron chi connectivity index (χ3n) is 2.40. The average molecular weight is 233 g/mol. The van der Waals surface area contributed by atoms with Crippen LogP contribution in [0.25, 0.3) is 0 Å². The first kappa shape index (κ1) is 11.6. The number of aromatic nitrogens is 3. The second kappa shape index (κ2) is 4.97. The molecule has 1 aromatic carbocycles. The Balaban J connectivity index is 1.95. The fourth-order valence-electron chi connectivity index (χ4n) is 1.46. The minimum atomic E-state index is -0.455. The summed E-state index contributed by atoms with van der Waals surface area (Å²) in [5.74, 6) is 0.750. The molecule has 0 bridgehead atoms. The lowest BCUT2D eigenvalue weighted by Gasteiger charge is -2.07. The van der Waals surface area contributed by atoms with Gasteiger partial charge in [0.05, 0.1) is 12.3 Å². The van der Waals surface area contributed by atoms with Crippen molar-refractivity contribution in [3.05, 3.63) is 41.7 Å². The Kier molecular flexibility index (Phi) is 3.39. The fourth-order valence-corrected chi connectivity index (χ4v) is 1.46. The Hall–Kier alpha value is -1.88. The predicted molar refractivity (Wildman–Crippen MR) is 62.4 cm³/mol. The van der Waals surface area contributed by atoms with Gasteiger partial charge in [-0.15, -0.1) is 5.10 Å². The van der Waals surface area contributed by atoms with Crippen LogP contribution in [0, 0.1) is 0 Å². The quantitative estimate of drug-likeness (QED) is 0.868. The number of ether oxygens (including phenoxy) is 1. The molecule has 0 amide bonds. The molecule has 0 spiro atoms. The van der Waals surface area contributed by atoms with Gasteiger partial charge < -0.3 is 9.84 Å². The van der Waals surface area contributed by atoms with Crippen LogP contribution in [-0.2, 0) is 13.7 Å².